The fraction of sp³-hybridized carbons (Fsp3) is 0.929. The summed E-state index contributed by atoms with van der Waals surface area (Å²) in [5.41, 5.74) is 0. The number of aliphatic hydroxyl groups is 1. The molecule has 0 aromatic rings. The molecule has 2 fully saturated rings. The average molecular weight is 254 g/mol. The van der Waals surface area contributed by atoms with Crippen LogP contribution in [0.4, 0.5) is 0 Å². The highest BCUT2D eigenvalue weighted by Crippen LogP contribution is 2.18. The van der Waals surface area contributed by atoms with Crippen LogP contribution in [-0.4, -0.2) is 47.7 Å². The van der Waals surface area contributed by atoms with E-state index in [2.05, 4.69) is 5.32 Å². The maximum atomic E-state index is 11.9. The van der Waals surface area contributed by atoms with Gasteiger partial charge in [0.05, 0.1) is 6.10 Å². The Balaban J connectivity index is 1.63. The first-order valence-electron chi connectivity index (χ1n) is 7.46. The molecule has 1 aliphatic carbocycles. The van der Waals surface area contributed by atoms with E-state index in [1.165, 1.54) is 12.8 Å². The standard InChI is InChI=1S/C14H26N2O2/c17-13-7-3-2-6-12(13)15-9-8-14(18)16-10-4-1-5-11-16/h12-13,15,17H,1-11H2. The molecule has 0 bridgehead atoms. The third-order valence-electron chi connectivity index (χ3n) is 4.18. The summed E-state index contributed by atoms with van der Waals surface area (Å²) in [6, 6.07) is 0.202. The summed E-state index contributed by atoms with van der Waals surface area (Å²) >= 11 is 0. The van der Waals surface area contributed by atoms with Gasteiger partial charge in [-0.15, -0.1) is 0 Å². The van der Waals surface area contributed by atoms with Gasteiger partial charge in [-0.1, -0.05) is 12.8 Å². The molecule has 1 amide bonds. The minimum absolute atomic E-state index is 0.202. The van der Waals surface area contributed by atoms with Crippen molar-refractivity contribution < 1.29 is 9.90 Å². The molecule has 104 valence electrons. The normalized spacial score (nSPS) is 29.3. The Morgan fingerprint density at radius 2 is 1.83 bits per heavy atom. The number of piperidine rings is 1. The Bertz CT molecular complexity index is 265. The molecule has 0 radical (unpaired) electrons. The van der Waals surface area contributed by atoms with Gasteiger partial charge >= 0.3 is 0 Å². The van der Waals surface area contributed by atoms with Crippen LogP contribution < -0.4 is 5.32 Å². The van der Waals surface area contributed by atoms with Crippen molar-refractivity contribution in [2.45, 2.75) is 63.5 Å². The number of amides is 1. The number of aliphatic hydroxyl groups excluding tert-OH is 1. The fourth-order valence-corrected chi connectivity index (χ4v) is 3.02. The van der Waals surface area contributed by atoms with Crippen LogP contribution in [0.5, 0.6) is 0 Å². The molecule has 2 N–H and O–H groups in total. The summed E-state index contributed by atoms with van der Waals surface area (Å²) in [5.74, 6) is 0.271. The Labute approximate surface area is 110 Å². The molecule has 2 rings (SSSR count). The van der Waals surface area contributed by atoms with Crippen LogP contribution >= 0.6 is 0 Å². The molecule has 0 aromatic heterocycles. The van der Waals surface area contributed by atoms with E-state index >= 15 is 0 Å². The van der Waals surface area contributed by atoms with E-state index in [-0.39, 0.29) is 18.1 Å². The number of likely N-dealkylation sites (tertiary alicyclic amines) is 1. The molecule has 2 atom stereocenters. The van der Waals surface area contributed by atoms with Crippen molar-refractivity contribution in [1.29, 1.82) is 0 Å². The van der Waals surface area contributed by atoms with E-state index in [1.54, 1.807) is 0 Å². The zero-order chi connectivity index (χ0) is 12.8. The molecule has 4 heteroatoms. The summed E-state index contributed by atoms with van der Waals surface area (Å²) in [5, 5.41) is 13.2. The van der Waals surface area contributed by atoms with Crippen molar-refractivity contribution in [3.8, 4) is 0 Å². The van der Waals surface area contributed by atoms with Crippen LogP contribution in [0.2, 0.25) is 0 Å². The smallest absolute Gasteiger partial charge is 0.223 e. The lowest BCUT2D eigenvalue weighted by molar-refractivity contribution is -0.132. The molecule has 18 heavy (non-hydrogen) atoms. The number of nitrogens with one attached hydrogen (secondary N) is 1. The Morgan fingerprint density at radius 3 is 2.56 bits per heavy atom. The molecular weight excluding hydrogens is 228 g/mol. The first kappa shape index (κ1) is 13.8. The summed E-state index contributed by atoms with van der Waals surface area (Å²) in [6.45, 7) is 2.58. The molecule has 1 saturated carbocycles. The molecule has 1 aliphatic heterocycles. The minimum atomic E-state index is -0.219. The summed E-state index contributed by atoms with van der Waals surface area (Å²) in [7, 11) is 0. The molecule has 1 heterocycles. The second-order valence-corrected chi connectivity index (χ2v) is 5.60. The Kier molecular flexibility index (Phi) is 5.45. The number of rotatable bonds is 4. The third-order valence-corrected chi connectivity index (χ3v) is 4.18. The van der Waals surface area contributed by atoms with Crippen molar-refractivity contribution in [2.24, 2.45) is 0 Å². The Morgan fingerprint density at radius 1 is 1.11 bits per heavy atom. The highest BCUT2D eigenvalue weighted by Gasteiger charge is 2.23. The Hall–Kier alpha value is -0.610. The first-order valence-corrected chi connectivity index (χ1v) is 7.46. The van der Waals surface area contributed by atoms with Gasteiger partial charge in [-0.2, -0.15) is 0 Å². The van der Waals surface area contributed by atoms with Crippen molar-refractivity contribution in [3.05, 3.63) is 0 Å². The van der Waals surface area contributed by atoms with Crippen LogP contribution in [0.1, 0.15) is 51.4 Å². The molecule has 1 saturated heterocycles. The van der Waals surface area contributed by atoms with Gasteiger partial charge in [-0.25, -0.2) is 0 Å². The minimum Gasteiger partial charge on any atom is -0.392 e. The van der Waals surface area contributed by atoms with Gasteiger partial charge in [0, 0.05) is 32.1 Å². The molecule has 0 spiro atoms. The lowest BCUT2D eigenvalue weighted by Gasteiger charge is -2.29. The van der Waals surface area contributed by atoms with E-state index in [4.69, 9.17) is 0 Å². The highest BCUT2D eigenvalue weighted by atomic mass is 16.3. The SMILES string of the molecule is O=C(CCNC1CCCCC1O)N1CCCCC1. The molecular formula is C14H26N2O2. The zero-order valence-electron chi connectivity index (χ0n) is 11.2. The quantitative estimate of drug-likeness (QED) is 0.794. The van der Waals surface area contributed by atoms with E-state index < -0.39 is 0 Å². The van der Waals surface area contributed by atoms with Crippen molar-refractivity contribution >= 4 is 5.91 Å². The van der Waals surface area contributed by atoms with Gasteiger partial charge < -0.3 is 15.3 Å². The van der Waals surface area contributed by atoms with Gasteiger partial charge in [-0.3, -0.25) is 4.79 Å². The maximum absolute atomic E-state index is 11.9. The van der Waals surface area contributed by atoms with Crippen LogP contribution in [0, 0.1) is 0 Å². The monoisotopic (exact) mass is 254 g/mol. The molecule has 4 nitrogen and oxygen atoms in total. The maximum Gasteiger partial charge on any atom is 0.223 e. The second-order valence-electron chi connectivity index (χ2n) is 5.60. The predicted molar refractivity (Wildman–Crippen MR) is 71.3 cm³/mol. The molecule has 2 aliphatic rings. The van der Waals surface area contributed by atoms with Crippen molar-refractivity contribution in [3.63, 3.8) is 0 Å². The molecule has 0 aromatic carbocycles. The van der Waals surface area contributed by atoms with Crippen LogP contribution in [-0.2, 0) is 4.79 Å². The number of hydrogen-bond acceptors (Lipinski definition) is 3. The zero-order valence-corrected chi connectivity index (χ0v) is 11.2. The van der Waals surface area contributed by atoms with Gasteiger partial charge in [0.15, 0.2) is 0 Å². The highest BCUT2D eigenvalue weighted by molar-refractivity contribution is 5.76. The topological polar surface area (TPSA) is 52.6 Å². The van der Waals surface area contributed by atoms with Crippen LogP contribution in [0.25, 0.3) is 0 Å². The van der Waals surface area contributed by atoms with E-state index in [9.17, 15) is 9.90 Å². The largest absolute Gasteiger partial charge is 0.392 e. The summed E-state index contributed by atoms with van der Waals surface area (Å²) in [6.07, 6.45) is 8.18. The van der Waals surface area contributed by atoms with E-state index in [1.807, 2.05) is 4.90 Å². The van der Waals surface area contributed by atoms with Crippen LogP contribution in [0.15, 0.2) is 0 Å². The second kappa shape index (κ2) is 7.10. The van der Waals surface area contributed by atoms with Crippen molar-refractivity contribution in [2.75, 3.05) is 19.6 Å². The summed E-state index contributed by atoms with van der Waals surface area (Å²) in [4.78, 5) is 13.9. The van der Waals surface area contributed by atoms with E-state index in [0.29, 0.717) is 13.0 Å². The van der Waals surface area contributed by atoms with Gasteiger partial charge in [0.1, 0.15) is 0 Å². The lowest BCUT2D eigenvalue weighted by atomic mass is 9.92. The fourth-order valence-electron chi connectivity index (χ4n) is 3.02. The number of carbonyl (C=O) groups is 1. The average Bonchev–Trinajstić information content (AvgIpc) is 2.42. The van der Waals surface area contributed by atoms with E-state index in [0.717, 1.165) is 45.2 Å². The first-order chi connectivity index (χ1) is 8.77. The van der Waals surface area contributed by atoms with Crippen LogP contribution in [0.3, 0.4) is 0 Å². The lowest BCUT2D eigenvalue weighted by Crippen LogP contribution is -2.44. The number of hydrogen-bond donors (Lipinski definition) is 2. The molecule has 2 unspecified atom stereocenters. The van der Waals surface area contributed by atoms with Crippen molar-refractivity contribution in [1.82, 2.24) is 10.2 Å². The number of nitrogens with zero attached hydrogens (tertiary/aromatic N) is 1. The third kappa shape index (κ3) is 3.95. The van der Waals surface area contributed by atoms with Gasteiger partial charge in [-0.05, 0) is 32.1 Å². The number of carbonyl (C=O) groups excluding carboxylic acids is 1. The van der Waals surface area contributed by atoms with Gasteiger partial charge in [0.2, 0.25) is 5.91 Å². The predicted octanol–water partition coefficient (Wildman–Crippen LogP) is 1.28. The van der Waals surface area contributed by atoms with Gasteiger partial charge in [0.25, 0.3) is 0 Å². The summed E-state index contributed by atoms with van der Waals surface area (Å²) < 4.78 is 0.